The Morgan fingerprint density at radius 2 is 1.52 bits per heavy atom. The van der Waals surface area contributed by atoms with Gasteiger partial charge in [-0.2, -0.15) is 0 Å². The first-order valence-corrected chi connectivity index (χ1v) is 12.3. The third-order valence-electron chi connectivity index (χ3n) is 5.82. The van der Waals surface area contributed by atoms with Crippen molar-refractivity contribution in [3.8, 4) is 33.9 Å². The van der Waals surface area contributed by atoms with Crippen molar-refractivity contribution < 1.29 is 10.7 Å². The lowest BCUT2D eigenvalue weighted by molar-refractivity contribution is 0.463. The van der Waals surface area contributed by atoms with Crippen LogP contribution in [0.2, 0.25) is 0 Å². The SMILES string of the molecule is [2H]c1cccc(Oc2cccc(-c3ccc4c(c3)P(=O)(c3ccccn3)c3ccccc3-4)c2)n1. The van der Waals surface area contributed by atoms with Crippen LogP contribution in [0.1, 0.15) is 1.37 Å². The second kappa shape index (κ2) is 7.84. The average molecular weight is 447 g/mol. The monoisotopic (exact) mass is 447 g/mol. The molecule has 158 valence electrons. The third-order valence-corrected chi connectivity index (χ3v) is 8.84. The van der Waals surface area contributed by atoms with E-state index in [1.807, 2.05) is 84.9 Å². The van der Waals surface area contributed by atoms with E-state index in [1.165, 1.54) is 0 Å². The van der Waals surface area contributed by atoms with Crippen molar-refractivity contribution in [3.63, 3.8) is 0 Å². The van der Waals surface area contributed by atoms with Crippen LogP contribution in [0.15, 0.2) is 115 Å². The number of aromatic nitrogens is 2. The lowest BCUT2D eigenvalue weighted by atomic mass is 10.0. The van der Waals surface area contributed by atoms with Gasteiger partial charge in [0.1, 0.15) is 11.2 Å². The molecule has 1 aliphatic rings. The summed E-state index contributed by atoms with van der Waals surface area (Å²) >= 11 is 0. The first kappa shape index (κ1) is 18.6. The van der Waals surface area contributed by atoms with Gasteiger partial charge in [-0.3, -0.25) is 4.98 Å². The molecule has 0 N–H and O–H groups in total. The summed E-state index contributed by atoms with van der Waals surface area (Å²) in [5.41, 5.74) is 4.45. The van der Waals surface area contributed by atoms with Crippen molar-refractivity contribution in [2.75, 3.05) is 0 Å². The van der Waals surface area contributed by atoms with Gasteiger partial charge in [0.05, 0.1) is 1.37 Å². The Bertz CT molecular complexity index is 1590. The first-order valence-electron chi connectivity index (χ1n) is 11.1. The van der Waals surface area contributed by atoms with Gasteiger partial charge in [-0.25, -0.2) is 4.98 Å². The minimum absolute atomic E-state index is 0.150. The van der Waals surface area contributed by atoms with Crippen LogP contribution in [-0.4, -0.2) is 9.97 Å². The second-order valence-corrected chi connectivity index (χ2v) is 10.4. The molecular weight excluding hydrogens is 427 g/mol. The summed E-state index contributed by atoms with van der Waals surface area (Å²) < 4.78 is 28.2. The lowest BCUT2D eigenvalue weighted by Gasteiger charge is -2.15. The van der Waals surface area contributed by atoms with E-state index < -0.39 is 7.14 Å². The largest absolute Gasteiger partial charge is 0.439 e. The predicted molar refractivity (Wildman–Crippen MR) is 132 cm³/mol. The minimum atomic E-state index is -3.10. The summed E-state index contributed by atoms with van der Waals surface area (Å²) in [6, 6.07) is 32.3. The van der Waals surface area contributed by atoms with E-state index in [4.69, 9.17) is 6.11 Å². The number of nitrogens with zero attached hydrogens (tertiary/aromatic N) is 2. The third kappa shape index (κ3) is 3.27. The van der Waals surface area contributed by atoms with Crippen molar-refractivity contribution in [2.45, 2.75) is 0 Å². The topological polar surface area (TPSA) is 52.1 Å². The van der Waals surface area contributed by atoms with Gasteiger partial charge in [0, 0.05) is 29.0 Å². The Morgan fingerprint density at radius 1 is 0.697 bits per heavy atom. The molecule has 0 radical (unpaired) electrons. The summed E-state index contributed by atoms with van der Waals surface area (Å²) in [4.78, 5) is 8.59. The van der Waals surface area contributed by atoms with E-state index in [-0.39, 0.29) is 6.17 Å². The van der Waals surface area contributed by atoms with E-state index in [9.17, 15) is 4.57 Å². The van der Waals surface area contributed by atoms with Crippen LogP contribution in [0.25, 0.3) is 22.3 Å². The summed E-state index contributed by atoms with van der Waals surface area (Å²) in [5, 5.41) is 1.64. The number of rotatable bonds is 4. The first-order chi connectivity index (χ1) is 16.6. The molecule has 6 rings (SSSR count). The second-order valence-electron chi connectivity index (χ2n) is 7.78. The standard InChI is InChI=1S/C28H19N2O2P/c31-33(28-13-4-6-17-30-28)25-11-2-1-10-23(25)24-15-14-21(19-26(24)33)20-8-7-9-22(18-20)32-27-12-3-5-16-29-27/h1-19H/i16D. The molecule has 0 saturated heterocycles. The molecule has 0 aliphatic carbocycles. The highest BCUT2D eigenvalue weighted by Gasteiger charge is 2.41. The quantitative estimate of drug-likeness (QED) is 0.332. The number of hydrogen-bond donors (Lipinski definition) is 0. The molecule has 0 fully saturated rings. The molecule has 1 atom stereocenters. The summed E-state index contributed by atoms with van der Waals surface area (Å²) in [6.07, 6.45) is 1.84. The fourth-order valence-corrected chi connectivity index (χ4v) is 7.28. The Morgan fingerprint density at radius 3 is 2.39 bits per heavy atom. The molecular formula is C28H19N2O2P. The summed E-state index contributed by atoms with van der Waals surface area (Å²) in [5.74, 6) is 0.987. The number of fused-ring (bicyclic) bond motifs is 3. The van der Waals surface area contributed by atoms with Crippen molar-refractivity contribution in [2.24, 2.45) is 0 Å². The fourth-order valence-electron chi connectivity index (χ4n) is 4.32. The molecule has 0 bridgehead atoms. The van der Waals surface area contributed by atoms with Gasteiger partial charge in [-0.1, -0.05) is 60.7 Å². The number of ether oxygens (including phenoxy) is 1. The Hall–Kier alpha value is -4.01. The number of benzene rings is 3. The summed E-state index contributed by atoms with van der Waals surface area (Å²) in [7, 11) is -3.10. The van der Waals surface area contributed by atoms with Crippen LogP contribution < -0.4 is 20.8 Å². The Labute approximate surface area is 193 Å². The van der Waals surface area contributed by atoms with Gasteiger partial charge in [0.15, 0.2) is 7.14 Å². The smallest absolute Gasteiger partial charge is 0.219 e. The van der Waals surface area contributed by atoms with Crippen LogP contribution >= 0.6 is 7.14 Å². The van der Waals surface area contributed by atoms with E-state index in [0.29, 0.717) is 17.1 Å². The minimum Gasteiger partial charge on any atom is -0.439 e. The van der Waals surface area contributed by atoms with Crippen LogP contribution in [0, 0.1) is 0 Å². The van der Waals surface area contributed by atoms with Gasteiger partial charge in [-0.05, 0) is 58.7 Å². The van der Waals surface area contributed by atoms with Gasteiger partial charge in [0.2, 0.25) is 5.88 Å². The normalized spacial score (nSPS) is 16.5. The maximum Gasteiger partial charge on any atom is 0.219 e. The maximum atomic E-state index is 14.7. The van der Waals surface area contributed by atoms with E-state index in [0.717, 1.165) is 32.9 Å². The van der Waals surface area contributed by atoms with Gasteiger partial charge in [0.25, 0.3) is 0 Å². The Balaban J connectivity index is 1.46. The highest BCUT2D eigenvalue weighted by Crippen LogP contribution is 2.52. The number of pyridine rings is 2. The highest BCUT2D eigenvalue weighted by molar-refractivity contribution is 7.86. The molecule has 2 aromatic heterocycles. The van der Waals surface area contributed by atoms with Crippen LogP contribution in [0.4, 0.5) is 0 Å². The van der Waals surface area contributed by atoms with Crippen molar-refractivity contribution >= 4 is 23.2 Å². The molecule has 0 amide bonds. The van der Waals surface area contributed by atoms with Crippen molar-refractivity contribution in [1.29, 1.82) is 0 Å². The van der Waals surface area contributed by atoms with Gasteiger partial charge >= 0.3 is 0 Å². The molecule has 1 unspecified atom stereocenters. The van der Waals surface area contributed by atoms with Crippen LogP contribution in [-0.2, 0) is 4.57 Å². The molecule has 3 heterocycles. The predicted octanol–water partition coefficient (Wildman–Crippen LogP) is 5.56. The fraction of sp³-hybridized carbons (Fsp3) is 0. The molecule has 5 aromatic rings. The average Bonchev–Trinajstić information content (AvgIpc) is 3.14. The zero-order valence-corrected chi connectivity index (χ0v) is 18.4. The van der Waals surface area contributed by atoms with Gasteiger partial charge in [-0.15, -0.1) is 0 Å². The molecule has 5 heteroatoms. The molecule has 3 aromatic carbocycles. The number of hydrogen-bond acceptors (Lipinski definition) is 4. The Kier molecular flexibility index (Phi) is 4.41. The van der Waals surface area contributed by atoms with E-state index >= 15 is 0 Å². The van der Waals surface area contributed by atoms with E-state index in [1.54, 1.807) is 24.4 Å². The van der Waals surface area contributed by atoms with Crippen molar-refractivity contribution in [3.05, 3.63) is 115 Å². The van der Waals surface area contributed by atoms with Crippen molar-refractivity contribution in [1.82, 2.24) is 9.97 Å². The molecule has 1 aliphatic heterocycles. The lowest BCUT2D eigenvalue weighted by Crippen LogP contribution is -2.23. The van der Waals surface area contributed by atoms with Crippen LogP contribution in [0.3, 0.4) is 0 Å². The van der Waals surface area contributed by atoms with Gasteiger partial charge < -0.3 is 9.30 Å². The summed E-state index contributed by atoms with van der Waals surface area (Å²) in [6.45, 7) is 0. The molecule has 0 spiro atoms. The highest BCUT2D eigenvalue weighted by atomic mass is 31.2. The van der Waals surface area contributed by atoms with E-state index in [2.05, 4.69) is 9.97 Å². The molecule has 33 heavy (non-hydrogen) atoms. The molecule has 4 nitrogen and oxygen atoms in total. The zero-order valence-electron chi connectivity index (χ0n) is 18.6. The van der Waals surface area contributed by atoms with Crippen LogP contribution in [0.5, 0.6) is 11.6 Å². The molecule has 0 saturated carbocycles. The maximum absolute atomic E-state index is 14.7. The zero-order chi connectivity index (χ0) is 23.1.